The summed E-state index contributed by atoms with van der Waals surface area (Å²) in [7, 11) is 1.62. The molecule has 0 fully saturated rings. The van der Waals surface area contributed by atoms with Crippen LogP contribution in [0.5, 0.6) is 5.75 Å². The van der Waals surface area contributed by atoms with Crippen molar-refractivity contribution in [2.45, 2.75) is 12.5 Å². The van der Waals surface area contributed by atoms with Crippen LogP contribution in [-0.2, 0) is 4.84 Å². The van der Waals surface area contributed by atoms with E-state index in [-0.39, 0.29) is 6.04 Å². The first-order valence-corrected chi connectivity index (χ1v) is 6.31. The van der Waals surface area contributed by atoms with Gasteiger partial charge in [0.05, 0.1) is 19.8 Å². The second-order valence-electron chi connectivity index (χ2n) is 4.33. The Hall–Kier alpha value is -1.29. The Balaban J connectivity index is 2.22. The van der Waals surface area contributed by atoms with Crippen molar-refractivity contribution in [1.29, 1.82) is 0 Å². The zero-order valence-electron chi connectivity index (χ0n) is 10.1. The molecule has 0 aliphatic carbocycles. The molecule has 3 rings (SSSR count). The maximum atomic E-state index is 6.34. The topological polar surface area (TPSA) is 30.5 Å². The van der Waals surface area contributed by atoms with Gasteiger partial charge in [-0.05, 0) is 6.07 Å². The molecule has 1 heterocycles. The molecule has 18 heavy (non-hydrogen) atoms. The van der Waals surface area contributed by atoms with E-state index in [4.69, 9.17) is 21.2 Å². The molecule has 0 aromatic heterocycles. The van der Waals surface area contributed by atoms with Crippen molar-refractivity contribution in [1.82, 2.24) is 5.48 Å². The van der Waals surface area contributed by atoms with Crippen LogP contribution in [0.3, 0.4) is 0 Å². The third kappa shape index (κ3) is 1.85. The van der Waals surface area contributed by atoms with Gasteiger partial charge in [-0.1, -0.05) is 35.9 Å². The van der Waals surface area contributed by atoms with Gasteiger partial charge in [0.1, 0.15) is 5.75 Å². The van der Waals surface area contributed by atoms with E-state index < -0.39 is 0 Å². The molecule has 0 saturated carbocycles. The minimum atomic E-state index is 0.126. The van der Waals surface area contributed by atoms with E-state index in [1.54, 1.807) is 7.11 Å². The number of rotatable bonds is 2. The molecule has 0 spiro atoms. The van der Waals surface area contributed by atoms with E-state index in [1.165, 1.54) is 0 Å². The average molecular weight is 264 g/mol. The molecule has 4 heteroatoms. The number of fused-ring (bicyclic) bond motifs is 3. The molecule has 3 nitrogen and oxygen atoms in total. The van der Waals surface area contributed by atoms with Crippen molar-refractivity contribution >= 4 is 22.4 Å². The highest BCUT2D eigenvalue weighted by Gasteiger charge is 2.24. The lowest BCUT2D eigenvalue weighted by Crippen LogP contribution is -2.26. The first-order chi connectivity index (χ1) is 8.81. The lowest BCUT2D eigenvalue weighted by Gasteiger charge is -2.27. The fourth-order valence-corrected chi connectivity index (χ4v) is 2.73. The van der Waals surface area contributed by atoms with Crippen LogP contribution in [0.4, 0.5) is 0 Å². The first kappa shape index (κ1) is 11.8. The molecule has 0 saturated heterocycles. The summed E-state index contributed by atoms with van der Waals surface area (Å²) >= 11 is 6.34. The summed E-state index contributed by atoms with van der Waals surface area (Å²) in [6.07, 6.45) is 0.871. The number of hydroxylamine groups is 1. The normalized spacial score (nSPS) is 18.4. The van der Waals surface area contributed by atoms with Gasteiger partial charge in [0.2, 0.25) is 0 Å². The van der Waals surface area contributed by atoms with E-state index in [0.29, 0.717) is 6.61 Å². The van der Waals surface area contributed by atoms with Gasteiger partial charge in [-0.2, -0.15) is 5.48 Å². The van der Waals surface area contributed by atoms with E-state index in [9.17, 15) is 0 Å². The average Bonchev–Trinajstić information content (AvgIpc) is 2.41. The van der Waals surface area contributed by atoms with Gasteiger partial charge in [0.15, 0.2) is 0 Å². The SMILES string of the molecule is CONC1CCOc2c1cc(Cl)c1ccccc21. The van der Waals surface area contributed by atoms with Gasteiger partial charge >= 0.3 is 0 Å². The van der Waals surface area contributed by atoms with Crippen molar-refractivity contribution in [2.24, 2.45) is 0 Å². The van der Waals surface area contributed by atoms with Gasteiger partial charge in [0.25, 0.3) is 0 Å². The number of nitrogens with one attached hydrogen (secondary N) is 1. The second-order valence-corrected chi connectivity index (χ2v) is 4.74. The zero-order chi connectivity index (χ0) is 12.5. The molecule has 1 N–H and O–H groups in total. The van der Waals surface area contributed by atoms with Crippen LogP contribution in [0.1, 0.15) is 18.0 Å². The molecule has 0 radical (unpaired) electrons. The fourth-order valence-electron chi connectivity index (χ4n) is 2.44. The molecule has 1 aliphatic rings. The standard InChI is InChI=1S/C14H14ClNO2/c1-17-16-13-6-7-18-14-10-5-3-2-4-9(10)12(15)8-11(13)14/h2-5,8,13,16H,6-7H2,1H3. The molecule has 0 amide bonds. The molecular formula is C14H14ClNO2. The van der Waals surface area contributed by atoms with Crippen molar-refractivity contribution < 1.29 is 9.57 Å². The van der Waals surface area contributed by atoms with Gasteiger partial charge in [-0.25, -0.2) is 0 Å². The minimum absolute atomic E-state index is 0.126. The van der Waals surface area contributed by atoms with Crippen LogP contribution in [0.15, 0.2) is 30.3 Å². The number of hydrogen-bond acceptors (Lipinski definition) is 3. The van der Waals surface area contributed by atoms with Crippen LogP contribution in [0.2, 0.25) is 5.02 Å². The van der Waals surface area contributed by atoms with Crippen LogP contribution in [0, 0.1) is 0 Å². The lowest BCUT2D eigenvalue weighted by atomic mass is 9.97. The first-order valence-electron chi connectivity index (χ1n) is 5.93. The molecule has 1 unspecified atom stereocenters. The summed E-state index contributed by atoms with van der Waals surface area (Å²) in [5, 5.41) is 2.83. The van der Waals surface area contributed by atoms with Crippen LogP contribution in [-0.4, -0.2) is 13.7 Å². The van der Waals surface area contributed by atoms with Crippen LogP contribution >= 0.6 is 11.6 Å². The van der Waals surface area contributed by atoms with E-state index >= 15 is 0 Å². The van der Waals surface area contributed by atoms with Crippen molar-refractivity contribution in [3.05, 3.63) is 40.9 Å². The van der Waals surface area contributed by atoms with Crippen molar-refractivity contribution in [3.8, 4) is 5.75 Å². The van der Waals surface area contributed by atoms with Crippen LogP contribution < -0.4 is 10.2 Å². The number of ether oxygens (including phenoxy) is 1. The monoisotopic (exact) mass is 263 g/mol. The van der Waals surface area contributed by atoms with Gasteiger partial charge in [-0.3, -0.25) is 0 Å². The summed E-state index contributed by atoms with van der Waals surface area (Å²) in [6.45, 7) is 0.680. The van der Waals surface area contributed by atoms with E-state index in [2.05, 4.69) is 5.48 Å². The Morgan fingerprint density at radius 3 is 2.89 bits per heavy atom. The highest BCUT2D eigenvalue weighted by Crippen LogP contribution is 2.41. The maximum absolute atomic E-state index is 6.34. The number of hydrogen-bond donors (Lipinski definition) is 1. The highest BCUT2D eigenvalue weighted by atomic mass is 35.5. The lowest BCUT2D eigenvalue weighted by molar-refractivity contribution is 0.0466. The van der Waals surface area contributed by atoms with Gasteiger partial charge < -0.3 is 9.57 Å². The predicted octanol–water partition coefficient (Wildman–Crippen LogP) is 3.47. The third-order valence-electron chi connectivity index (χ3n) is 3.26. The predicted molar refractivity (Wildman–Crippen MR) is 72.0 cm³/mol. The summed E-state index contributed by atoms with van der Waals surface area (Å²) in [4.78, 5) is 5.04. The van der Waals surface area contributed by atoms with Crippen molar-refractivity contribution in [3.63, 3.8) is 0 Å². The smallest absolute Gasteiger partial charge is 0.132 e. The fraction of sp³-hybridized carbons (Fsp3) is 0.286. The summed E-state index contributed by atoms with van der Waals surface area (Å²) < 4.78 is 5.81. The number of benzene rings is 2. The maximum Gasteiger partial charge on any atom is 0.132 e. The molecule has 94 valence electrons. The van der Waals surface area contributed by atoms with E-state index in [1.807, 2.05) is 30.3 Å². The Bertz CT molecular complexity index is 585. The summed E-state index contributed by atoms with van der Waals surface area (Å²) in [5.41, 5.74) is 4.06. The largest absolute Gasteiger partial charge is 0.493 e. The Kier molecular flexibility index (Phi) is 3.12. The Morgan fingerprint density at radius 1 is 1.33 bits per heavy atom. The Morgan fingerprint density at radius 2 is 2.11 bits per heavy atom. The summed E-state index contributed by atoms with van der Waals surface area (Å²) in [6, 6.07) is 10.1. The highest BCUT2D eigenvalue weighted by molar-refractivity contribution is 6.36. The quantitative estimate of drug-likeness (QED) is 0.842. The molecule has 1 aliphatic heterocycles. The number of halogens is 1. The zero-order valence-corrected chi connectivity index (χ0v) is 10.8. The van der Waals surface area contributed by atoms with Crippen molar-refractivity contribution in [2.75, 3.05) is 13.7 Å². The Labute approximate surface area is 111 Å². The molecule has 1 atom stereocenters. The summed E-state index contributed by atoms with van der Waals surface area (Å²) in [5.74, 6) is 0.913. The van der Waals surface area contributed by atoms with E-state index in [0.717, 1.165) is 33.5 Å². The van der Waals surface area contributed by atoms with Gasteiger partial charge in [-0.15, -0.1) is 0 Å². The third-order valence-corrected chi connectivity index (χ3v) is 3.57. The molecule has 0 bridgehead atoms. The second kappa shape index (κ2) is 4.76. The molecule has 2 aromatic rings. The minimum Gasteiger partial charge on any atom is -0.493 e. The molecule has 2 aromatic carbocycles. The van der Waals surface area contributed by atoms with Crippen LogP contribution in [0.25, 0.3) is 10.8 Å². The van der Waals surface area contributed by atoms with Gasteiger partial charge in [0, 0.05) is 27.8 Å². The molecular weight excluding hydrogens is 250 g/mol.